The molecule has 0 saturated carbocycles. The first kappa shape index (κ1) is 17.0. The largest absolute Gasteiger partial charge is 0.268 e. The molecule has 3 rings (SSSR count). The lowest BCUT2D eigenvalue weighted by Gasteiger charge is -2.09. The van der Waals surface area contributed by atoms with Crippen molar-refractivity contribution in [2.24, 2.45) is 0 Å². The number of pyridine rings is 1. The molecule has 0 saturated heterocycles. The third kappa shape index (κ3) is 4.17. The van der Waals surface area contributed by atoms with Crippen molar-refractivity contribution >= 4 is 10.0 Å². The number of nitrogens with one attached hydrogen (secondary N) is 1. The van der Waals surface area contributed by atoms with Gasteiger partial charge in [0.2, 0.25) is 10.0 Å². The molecule has 0 radical (unpaired) electrons. The van der Waals surface area contributed by atoms with Gasteiger partial charge in [0.25, 0.3) is 5.56 Å². The lowest BCUT2D eigenvalue weighted by Crippen LogP contribution is -2.32. The molecule has 0 unspecified atom stereocenters. The average molecular weight is 356 g/mol. The van der Waals surface area contributed by atoms with Crippen LogP contribution in [-0.4, -0.2) is 29.7 Å². The van der Waals surface area contributed by atoms with E-state index in [0.717, 1.165) is 5.56 Å². The van der Waals surface area contributed by atoms with E-state index >= 15 is 0 Å². The van der Waals surface area contributed by atoms with Crippen molar-refractivity contribution in [3.8, 4) is 11.3 Å². The zero-order valence-corrected chi connectivity index (χ0v) is 14.1. The molecule has 7 nitrogen and oxygen atoms in total. The number of aromatic nitrogens is 3. The van der Waals surface area contributed by atoms with E-state index in [4.69, 9.17) is 0 Å². The molecule has 0 fully saturated rings. The Balaban J connectivity index is 1.72. The van der Waals surface area contributed by atoms with Crippen LogP contribution in [0.5, 0.6) is 0 Å². The predicted molar refractivity (Wildman–Crippen MR) is 93.4 cm³/mol. The van der Waals surface area contributed by atoms with Gasteiger partial charge in [0, 0.05) is 30.6 Å². The molecule has 8 heteroatoms. The van der Waals surface area contributed by atoms with Gasteiger partial charge in [-0.25, -0.2) is 17.8 Å². The number of nitrogens with zero attached hydrogens (tertiary/aromatic N) is 3. The maximum absolute atomic E-state index is 12.2. The summed E-state index contributed by atoms with van der Waals surface area (Å²) in [5.41, 5.74) is 1.08. The highest BCUT2D eigenvalue weighted by molar-refractivity contribution is 7.89. The van der Waals surface area contributed by atoms with Gasteiger partial charge in [-0.2, -0.15) is 5.10 Å². The first-order valence-corrected chi connectivity index (χ1v) is 9.08. The third-order valence-electron chi connectivity index (χ3n) is 3.49. The smallest absolute Gasteiger partial charge is 0.266 e. The van der Waals surface area contributed by atoms with E-state index in [2.05, 4.69) is 14.8 Å². The van der Waals surface area contributed by atoms with Crippen molar-refractivity contribution in [1.29, 1.82) is 0 Å². The van der Waals surface area contributed by atoms with Gasteiger partial charge in [-0.1, -0.05) is 18.2 Å². The van der Waals surface area contributed by atoms with E-state index in [1.165, 1.54) is 22.9 Å². The number of hydrogen-bond donors (Lipinski definition) is 1. The number of benzene rings is 1. The average Bonchev–Trinajstić information content (AvgIpc) is 2.64. The summed E-state index contributed by atoms with van der Waals surface area (Å²) in [5.74, 6) is 0. The van der Waals surface area contributed by atoms with Crippen LogP contribution in [0.15, 0.2) is 76.7 Å². The Morgan fingerprint density at radius 2 is 1.80 bits per heavy atom. The highest BCUT2D eigenvalue weighted by Gasteiger charge is 2.12. The highest BCUT2D eigenvalue weighted by Crippen LogP contribution is 2.12. The van der Waals surface area contributed by atoms with Crippen molar-refractivity contribution in [2.45, 2.75) is 11.4 Å². The summed E-state index contributed by atoms with van der Waals surface area (Å²) in [6, 6.07) is 14.7. The maximum Gasteiger partial charge on any atom is 0.266 e. The Morgan fingerprint density at radius 1 is 1.00 bits per heavy atom. The molecule has 1 N–H and O–H groups in total. The minimum Gasteiger partial charge on any atom is -0.268 e. The van der Waals surface area contributed by atoms with Gasteiger partial charge in [0.05, 0.1) is 17.1 Å². The van der Waals surface area contributed by atoms with Crippen molar-refractivity contribution < 1.29 is 8.42 Å². The molecule has 3 aromatic rings. The van der Waals surface area contributed by atoms with Crippen LogP contribution in [0.2, 0.25) is 0 Å². The first-order chi connectivity index (χ1) is 12.1. The summed E-state index contributed by atoms with van der Waals surface area (Å²) in [5, 5.41) is 4.26. The number of sulfonamides is 1. The minimum atomic E-state index is -3.61. The van der Waals surface area contributed by atoms with Crippen molar-refractivity contribution in [2.75, 3.05) is 6.54 Å². The predicted octanol–water partition coefficient (Wildman–Crippen LogP) is 1.28. The van der Waals surface area contributed by atoms with Gasteiger partial charge in [-0.05, 0) is 30.3 Å². The molecule has 2 heterocycles. The first-order valence-electron chi connectivity index (χ1n) is 7.59. The summed E-state index contributed by atoms with van der Waals surface area (Å²) < 4.78 is 28.0. The molecule has 0 bridgehead atoms. The molecule has 0 amide bonds. The lowest BCUT2D eigenvalue weighted by atomic mass is 10.2. The van der Waals surface area contributed by atoms with Crippen LogP contribution in [0.1, 0.15) is 0 Å². The van der Waals surface area contributed by atoms with Crippen LogP contribution in [0, 0.1) is 0 Å². The van der Waals surface area contributed by atoms with E-state index < -0.39 is 10.0 Å². The van der Waals surface area contributed by atoms with Crippen LogP contribution in [0.4, 0.5) is 0 Å². The molecule has 2 aromatic heterocycles. The molecule has 0 spiro atoms. The Kier molecular flexibility index (Phi) is 5.01. The summed E-state index contributed by atoms with van der Waals surface area (Å²) in [6.07, 6.45) is 3.30. The van der Waals surface area contributed by atoms with Crippen LogP contribution < -0.4 is 10.3 Å². The second kappa shape index (κ2) is 7.37. The third-order valence-corrected chi connectivity index (χ3v) is 4.97. The molecule has 25 heavy (non-hydrogen) atoms. The van der Waals surface area contributed by atoms with Crippen molar-refractivity contribution in [1.82, 2.24) is 19.5 Å². The van der Waals surface area contributed by atoms with Crippen LogP contribution in [0.3, 0.4) is 0 Å². The molecule has 0 atom stereocenters. The molecular weight excluding hydrogens is 340 g/mol. The second-order valence-electron chi connectivity index (χ2n) is 5.23. The molecule has 0 aliphatic heterocycles. The fraction of sp³-hybridized carbons (Fsp3) is 0.118. The van der Waals surface area contributed by atoms with Crippen LogP contribution in [0.25, 0.3) is 11.3 Å². The SMILES string of the molecule is O=c1ccc(-c2cccnc2)nn1CCNS(=O)(=O)c1ccccc1. The standard InChI is InChI=1S/C17H16N4O3S/c22-17-9-8-16(14-5-4-10-18-13-14)20-21(17)12-11-19-25(23,24)15-6-2-1-3-7-15/h1-10,13,19H,11-12H2. The minimum absolute atomic E-state index is 0.0562. The Bertz CT molecular complexity index is 1000. The normalized spacial score (nSPS) is 11.4. The lowest BCUT2D eigenvalue weighted by molar-refractivity contribution is 0.548. The summed E-state index contributed by atoms with van der Waals surface area (Å²) in [6.45, 7) is 0.180. The van der Waals surface area contributed by atoms with Gasteiger partial charge >= 0.3 is 0 Å². The zero-order chi connectivity index (χ0) is 17.7. The zero-order valence-electron chi connectivity index (χ0n) is 13.2. The number of hydrogen-bond acceptors (Lipinski definition) is 5. The summed E-state index contributed by atoms with van der Waals surface area (Å²) in [4.78, 5) is 16.1. The fourth-order valence-corrected chi connectivity index (χ4v) is 3.29. The van der Waals surface area contributed by atoms with E-state index in [-0.39, 0.29) is 23.5 Å². The monoisotopic (exact) mass is 356 g/mol. The second-order valence-corrected chi connectivity index (χ2v) is 7.00. The van der Waals surface area contributed by atoms with Crippen LogP contribution >= 0.6 is 0 Å². The fourth-order valence-electron chi connectivity index (χ4n) is 2.25. The molecule has 128 valence electrons. The molecule has 0 aliphatic rings. The summed E-state index contributed by atoms with van der Waals surface area (Å²) >= 11 is 0. The van der Waals surface area contributed by atoms with Gasteiger partial charge in [0.15, 0.2) is 0 Å². The molecule has 0 aliphatic carbocycles. The van der Waals surface area contributed by atoms with E-state index in [1.54, 1.807) is 42.7 Å². The van der Waals surface area contributed by atoms with Gasteiger partial charge in [-0.15, -0.1) is 0 Å². The van der Waals surface area contributed by atoms with E-state index in [1.807, 2.05) is 6.07 Å². The van der Waals surface area contributed by atoms with Gasteiger partial charge in [-0.3, -0.25) is 9.78 Å². The quantitative estimate of drug-likeness (QED) is 0.718. The van der Waals surface area contributed by atoms with Crippen LogP contribution in [-0.2, 0) is 16.6 Å². The van der Waals surface area contributed by atoms with Crippen molar-refractivity contribution in [3.63, 3.8) is 0 Å². The highest BCUT2D eigenvalue weighted by atomic mass is 32.2. The number of rotatable bonds is 6. The Hall–Kier alpha value is -2.84. The Labute approximate surface area is 145 Å². The Morgan fingerprint density at radius 3 is 2.52 bits per heavy atom. The topological polar surface area (TPSA) is 93.9 Å². The maximum atomic E-state index is 12.2. The van der Waals surface area contributed by atoms with Crippen molar-refractivity contribution in [3.05, 3.63) is 77.3 Å². The molecule has 1 aromatic carbocycles. The van der Waals surface area contributed by atoms with E-state index in [9.17, 15) is 13.2 Å². The van der Waals surface area contributed by atoms with E-state index in [0.29, 0.717) is 5.69 Å². The summed E-state index contributed by atoms with van der Waals surface area (Å²) in [7, 11) is -3.61. The van der Waals surface area contributed by atoms with Gasteiger partial charge < -0.3 is 0 Å². The molecular formula is C17H16N4O3S. The van der Waals surface area contributed by atoms with Gasteiger partial charge in [0.1, 0.15) is 0 Å².